The molecule has 0 aromatic heterocycles. The van der Waals surface area contributed by atoms with Gasteiger partial charge in [-0.3, -0.25) is 0 Å². The van der Waals surface area contributed by atoms with Gasteiger partial charge >= 0.3 is 0 Å². The predicted molar refractivity (Wildman–Crippen MR) is 90.8 cm³/mol. The quantitative estimate of drug-likeness (QED) is 0.686. The molecule has 1 heteroatoms. The van der Waals surface area contributed by atoms with Crippen LogP contribution in [0, 0.1) is 0 Å². The van der Waals surface area contributed by atoms with Gasteiger partial charge in [0.2, 0.25) is 0 Å². The third-order valence-electron chi connectivity index (χ3n) is 3.97. The molecule has 0 fully saturated rings. The van der Waals surface area contributed by atoms with E-state index in [1.54, 1.807) is 0 Å². The molecule has 1 N–H and O–H groups in total. The second kappa shape index (κ2) is 7.87. The largest absolute Gasteiger partial charge is 0.507 e. The van der Waals surface area contributed by atoms with Crippen LogP contribution < -0.4 is 0 Å². The smallest absolute Gasteiger partial charge is 0.123 e. The number of rotatable bonds is 7. The van der Waals surface area contributed by atoms with Crippen molar-refractivity contribution in [2.45, 2.75) is 52.4 Å². The maximum Gasteiger partial charge on any atom is 0.123 e. The SMILES string of the molecule is CCCCc1ccc(-c2ccc(CCCC)cc2O)cc1. The van der Waals surface area contributed by atoms with Crippen LogP contribution in [-0.2, 0) is 12.8 Å². The molecule has 2 aromatic carbocycles. The lowest BCUT2D eigenvalue weighted by molar-refractivity contribution is 0.476. The monoisotopic (exact) mass is 282 g/mol. The van der Waals surface area contributed by atoms with E-state index in [0.717, 1.165) is 24.0 Å². The van der Waals surface area contributed by atoms with Crippen molar-refractivity contribution in [3.8, 4) is 16.9 Å². The van der Waals surface area contributed by atoms with E-state index in [1.165, 1.54) is 36.8 Å². The number of phenolic OH excluding ortho intramolecular Hbond substituents is 1. The molecule has 0 unspecified atom stereocenters. The average Bonchev–Trinajstić information content (AvgIpc) is 2.52. The molecule has 0 saturated carbocycles. The minimum atomic E-state index is 0.393. The van der Waals surface area contributed by atoms with Crippen molar-refractivity contribution in [1.82, 2.24) is 0 Å². The first-order valence-electron chi connectivity index (χ1n) is 8.15. The molecule has 0 saturated heterocycles. The molecule has 0 bridgehead atoms. The van der Waals surface area contributed by atoms with Crippen molar-refractivity contribution in [2.24, 2.45) is 0 Å². The zero-order valence-electron chi connectivity index (χ0n) is 13.2. The van der Waals surface area contributed by atoms with E-state index in [0.29, 0.717) is 5.75 Å². The molecule has 0 aliphatic rings. The Bertz CT molecular complexity index is 555. The summed E-state index contributed by atoms with van der Waals surface area (Å²) in [6.45, 7) is 4.40. The zero-order chi connectivity index (χ0) is 15.1. The molecule has 112 valence electrons. The Balaban J connectivity index is 2.13. The van der Waals surface area contributed by atoms with Crippen molar-refractivity contribution in [3.05, 3.63) is 53.6 Å². The van der Waals surface area contributed by atoms with Crippen LogP contribution in [0.25, 0.3) is 11.1 Å². The maximum atomic E-state index is 10.3. The van der Waals surface area contributed by atoms with Gasteiger partial charge < -0.3 is 5.11 Å². The lowest BCUT2D eigenvalue weighted by Crippen LogP contribution is -1.88. The molecular formula is C20H26O. The van der Waals surface area contributed by atoms with Gasteiger partial charge in [0.15, 0.2) is 0 Å². The molecule has 2 aromatic rings. The van der Waals surface area contributed by atoms with Crippen LogP contribution in [0.5, 0.6) is 5.75 Å². The first-order valence-corrected chi connectivity index (χ1v) is 8.15. The summed E-state index contributed by atoms with van der Waals surface area (Å²) in [5.74, 6) is 0.393. The summed E-state index contributed by atoms with van der Waals surface area (Å²) in [7, 11) is 0. The molecule has 0 heterocycles. The number of aromatic hydroxyl groups is 1. The Morgan fingerprint density at radius 2 is 1.33 bits per heavy atom. The van der Waals surface area contributed by atoms with Crippen LogP contribution in [0.15, 0.2) is 42.5 Å². The van der Waals surface area contributed by atoms with E-state index >= 15 is 0 Å². The summed E-state index contributed by atoms with van der Waals surface area (Å²) in [5, 5.41) is 10.3. The van der Waals surface area contributed by atoms with Crippen molar-refractivity contribution in [1.29, 1.82) is 0 Å². The van der Waals surface area contributed by atoms with Gasteiger partial charge in [0.25, 0.3) is 0 Å². The lowest BCUT2D eigenvalue weighted by Gasteiger charge is -2.08. The minimum absolute atomic E-state index is 0.393. The summed E-state index contributed by atoms with van der Waals surface area (Å²) in [5.41, 5.74) is 4.62. The Labute approximate surface area is 128 Å². The second-order valence-electron chi connectivity index (χ2n) is 5.76. The molecule has 0 radical (unpaired) electrons. The number of unbranched alkanes of at least 4 members (excludes halogenated alkanes) is 2. The van der Waals surface area contributed by atoms with Crippen LogP contribution in [0.3, 0.4) is 0 Å². The predicted octanol–water partition coefficient (Wildman–Crippen LogP) is 5.74. The van der Waals surface area contributed by atoms with E-state index in [1.807, 2.05) is 12.1 Å². The van der Waals surface area contributed by atoms with Crippen LogP contribution in [0.1, 0.15) is 50.7 Å². The molecule has 1 nitrogen and oxygen atoms in total. The van der Waals surface area contributed by atoms with Gasteiger partial charge in [0, 0.05) is 5.56 Å². The fourth-order valence-electron chi connectivity index (χ4n) is 2.59. The van der Waals surface area contributed by atoms with E-state index in [-0.39, 0.29) is 0 Å². The third-order valence-corrected chi connectivity index (χ3v) is 3.97. The maximum absolute atomic E-state index is 10.3. The number of aryl methyl sites for hydroxylation is 2. The van der Waals surface area contributed by atoms with Crippen LogP contribution in [-0.4, -0.2) is 5.11 Å². The van der Waals surface area contributed by atoms with Gasteiger partial charge in [-0.1, -0.05) is 63.1 Å². The lowest BCUT2D eigenvalue weighted by atomic mass is 9.98. The fourth-order valence-corrected chi connectivity index (χ4v) is 2.59. The molecule has 0 amide bonds. The Kier molecular flexibility index (Phi) is 5.86. The first-order chi connectivity index (χ1) is 10.2. The van der Waals surface area contributed by atoms with Gasteiger partial charge in [0.1, 0.15) is 5.75 Å². The normalized spacial score (nSPS) is 10.8. The molecule has 0 aliphatic heterocycles. The van der Waals surface area contributed by atoms with Crippen molar-refractivity contribution < 1.29 is 5.11 Å². The average molecular weight is 282 g/mol. The Hall–Kier alpha value is -1.76. The minimum Gasteiger partial charge on any atom is -0.507 e. The molecular weight excluding hydrogens is 256 g/mol. The van der Waals surface area contributed by atoms with E-state index in [9.17, 15) is 5.11 Å². The third kappa shape index (κ3) is 4.35. The Morgan fingerprint density at radius 3 is 1.90 bits per heavy atom. The van der Waals surface area contributed by atoms with Gasteiger partial charge in [-0.15, -0.1) is 0 Å². The van der Waals surface area contributed by atoms with Crippen molar-refractivity contribution >= 4 is 0 Å². The summed E-state index contributed by atoms with van der Waals surface area (Å²) >= 11 is 0. The standard InChI is InChI=1S/C20H26O/c1-3-5-7-16-9-12-18(13-10-16)19-14-11-17(8-6-4-2)15-20(19)21/h9-15,21H,3-8H2,1-2H3. The van der Waals surface area contributed by atoms with E-state index < -0.39 is 0 Å². The second-order valence-corrected chi connectivity index (χ2v) is 5.76. The number of phenols is 1. The first kappa shape index (κ1) is 15.6. The van der Waals surface area contributed by atoms with Crippen LogP contribution >= 0.6 is 0 Å². The number of hydrogen-bond acceptors (Lipinski definition) is 1. The van der Waals surface area contributed by atoms with E-state index in [4.69, 9.17) is 0 Å². The highest BCUT2D eigenvalue weighted by Crippen LogP contribution is 2.30. The molecule has 21 heavy (non-hydrogen) atoms. The number of hydrogen-bond donors (Lipinski definition) is 1. The fraction of sp³-hybridized carbons (Fsp3) is 0.400. The zero-order valence-corrected chi connectivity index (χ0v) is 13.2. The highest BCUT2D eigenvalue weighted by molar-refractivity contribution is 5.70. The number of benzene rings is 2. The van der Waals surface area contributed by atoms with E-state index in [2.05, 4.69) is 44.2 Å². The summed E-state index contributed by atoms with van der Waals surface area (Å²) in [4.78, 5) is 0. The summed E-state index contributed by atoms with van der Waals surface area (Å²) in [6, 6.07) is 14.7. The highest BCUT2D eigenvalue weighted by Gasteiger charge is 2.05. The molecule has 0 spiro atoms. The molecule has 2 rings (SSSR count). The Morgan fingerprint density at radius 1 is 0.762 bits per heavy atom. The topological polar surface area (TPSA) is 20.2 Å². The summed E-state index contributed by atoms with van der Waals surface area (Å²) < 4.78 is 0. The van der Waals surface area contributed by atoms with Crippen LogP contribution in [0.4, 0.5) is 0 Å². The summed E-state index contributed by atoms with van der Waals surface area (Å²) in [6.07, 6.45) is 6.99. The van der Waals surface area contributed by atoms with Gasteiger partial charge in [0.05, 0.1) is 0 Å². The van der Waals surface area contributed by atoms with Gasteiger partial charge in [-0.25, -0.2) is 0 Å². The van der Waals surface area contributed by atoms with Crippen molar-refractivity contribution in [2.75, 3.05) is 0 Å². The molecule has 0 atom stereocenters. The van der Waals surface area contributed by atoms with Gasteiger partial charge in [-0.05, 0) is 48.4 Å². The molecule has 0 aliphatic carbocycles. The van der Waals surface area contributed by atoms with Crippen LogP contribution in [0.2, 0.25) is 0 Å². The van der Waals surface area contributed by atoms with Crippen molar-refractivity contribution in [3.63, 3.8) is 0 Å². The highest BCUT2D eigenvalue weighted by atomic mass is 16.3. The van der Waals surface area contributed by atoms with Gasteiger partial charge in [-0.2, -0.15) is 0 Å².